The Morgan fingerprint density at radius 2 is 2.42 bits per heavy atom. The van der Waals surface area contributed by atoms with E-state index in [0.717, 1.165) is 13.1 Å². The van der Waals surface area contributed by atoms with Gasteiger partial charge in [-0.25, -0.2) is 0 Å². The van der Waals surface area contributed by atoms with Gasteiger partial charge in [0.15, 0.2) is 0 Å². The second-order valence-corrected chi connectivity index (χ2v) is 3.18. The van der Waals surface area contributed by atoms with Crippen LogP contribution < -0.4 is 5.32 Å². The van der Waals surface area contributed by atoms with Crippen molar-refractivity contribution in [3.63, 3.8) is 0 Å². The first-order valence-corrected chi connectivity index (χ1v) is 4.21. The third-order valence-electron chi connectivity index (χ3n) is 2.29. The van der Waals surface area contributed by atoms with Gasteiger partial charge < -0.3 is 10.4 Å². The topological polar surface area (TPSA) is 59.3 Å². The SMILES string of the molecule is CN(CCC#N)[C@@H]1CNC[C@H]1O. The van der Waals surface area contributed by atoms with Crippen molar-refractivity contribution in [2.45, 2.75) is 18.6 Å². The Hall–Kier alpha value is -0.630. The van der Waals surface area contributed by atoms with Gasteiger partial charge in [0.2, 0.25) is 0 Å². The van der Waals surface area contributed by atoms with Gasteiger partial charge in [0.1, 0.15) is 0 Å². The van der Waals surface area contributed by atoms with E-state index in [9.17, 15) is 5.11 Å². The van der Waals surface area contributed by atoms with E-state index >= 15 is 0 Å². The maximum atomic E-state index is 9.47. The number of nitrogens with zero attached hydrogens (tertiary/aromatic N) is 2. The van der Waals surface area contributed by atoms with Gasteiger partial charge in [-0.2, -0.15) is 5.26 Å². The molecule has 0 saturated carbocycles. The molecule has 4 nitrogen and oxygen atoms in total. The fourth-order valence-electron chi connectivity index (χ4n) is 1.49. The first-order valence-electron chi connectivity index (χ1n) is 4.21. The van der Waals surface area contributed by atoms with Gasteiger partial charge in [0, 0.05) is 32.1 Å². The molecule has 0 unspecified atom stereocenters. The second kappa shape index (κ2) is 4.41. The van der Waals surface area contributed by atoms with Crippen molar-refractivity contribution >= 4 is 0 Å². The number of rotatable bonds is 3. The number of nitrogens with one attached hydrogen (secondary N) is 1. The molecule has 2 atom stereocenters. The summed E-state index contributed by atoms with van der Waals surface area (Å²) in [6.45, 7) is 2.23. The van der Waals surface area contributed by atoms with E-state index in [2.05, 4.69) is 11.4 Å². The highest BCUT2D eigenvalue weighted by Crippen LogP contribution is 2.07. The van der Waals surface area contributed by atoms with Gasteiger partial charge in [-0.05, 0) is 7.05 Å². The Balaban J connectivity index is 2.31. The van der Waals surface area contributed by atoms with Gasteiger partial charge in [-0.3, -0.25) is 4.90 Å². The van der Waals surface area contributed by atoms with Crippen molar-refractivity contribution in [2.24, 2.45) is 0 Å². The molecule has 0 aliphatic carbocycles. The van der Waals surface area contributed by atoms with Gasteiger partial charge in [0.25, 0.3) is 0 Å². The minimum Gasteiger partial charge on any atom is -0.390 e. The highest BCUT2D eigenvalue weighted by molar-refractivity contribution is 4.88. The minimum atomic E-state index is -0.284. The summed E-state index contributed by atoms with van der Waals surface area (Å²) < 4.78 is 0. The summed E-state index contributed by atoms with van der Waals surface area (Å²) in [4.78, 5) is 2.04. The molecule has 0 bridgehead atoms. The molecule has 1 aliphatic heterocycles. The molecule has 68 valence electrons. The van der Waals surface area contributed by atoms with Crippen molar-refractivity contribution in [3.05, 3.63) is 0 Å². The maximum Gasteiger partial charge on any atom is 0.0831 e. The van der Waals surface area contributed by atoms with Crippen molar-refractivity contribution < 1.29 is 5.11 Å². The molecule has 12 heavy (non-hydrogen) atoms. The molecule has 1 saturated heterocycles. The first-order chi connectivity index (χ1) is 5.75. The van der Waals surface area contributed by atoms with Crippen LogP contribution in [0.5, 0.6) is 0 Å². The van der Waals surface area contributed by atoms with Gasteiger partial charge in [0.05, 0.1) is 12.2 Å². The number of β-amino-alcohol motifs (C(OH)–C–C–N with tert-alkyl or cyclic N) is 1. The summed E-state index contributed by atoms with van der Waals surface area (Å²) >= 11 is 0. The quantitative estimate of drug-likeness (QED) is 0.578. The summed E-state index contributed by atoms with van der Waals surface area (Å²) in [6, 6.07) is 2.27. The van der Waals surface area contributed by atoms with Crippen molar-refractivity contribution in [1.82, 2.24) is 10.2 Å². The number of hydrogen-bond donors (Lipinski definition) is 2. The van der Waals surface area contributed by atoms with Crippen molar-refractivity contribution in [1.29, 1.82) is 5.26 Å². The van der Waals surface area contributed by atoms with Crippen LogP contribution in [0.15, 0.2) is 0 Å². The van der Waals surface area contributed by atoms with Crippen LogP contribution >= 0.6 is 0 Å². The van der Waals surface area contributed by atoms with E-state index in [-0.39, 0.29) is 12.1 Å². The molecular weight excluding hydrogens is 154 g/mol. The lowest BCUT2D eigenvalue weighted by atomic mass is 10.2. The van der Waals surface area contributed by atoms with Crippen LogP contribution in [-0.4, -0.2) is 48.8 Å². The number of hydrogen-bond acceptors (Lipinski definition) is 4. The molecule has 1 rings (SSSR count). The lowest BCUT2D eigenvalue weighted by Crippen LogP contribution is -2.41. The van der Waals surface area contributed by atoms with E-state index in [4.69, 9.17) is 5.26 Å². The molecule has 1 fully saturated rings. The third kappa shape index (κ3) is 2.18. The monoisotopic (exact) mass is 169 g/mol. The molecule has 0 aromatic heterocycles. The van der Waals surface area contributed by atoms with Crippen molar-refractivity contribution in [2.75, 3.05) is 26.7 Å². The molecule has 0 radical (unpaired) electrons. The van der Waals surface area contributed by atoms with Gasteiger partial charge in [-0.1, -0.05) is 0 Å². The van der Waals surface area contributed by atoms with Crippen LogP contribution in [0.3, 0.4) is 0 Å². The van der Waals surface area contributed by atoms with Crippen LogP contribution in [0.2, 0.25) is 0 Å². The van der Waals surface area contributed by atoms with E-state index in [1.807, 2.05) is 11.9 Å². The summed E-state index contributed by atoms with van der Waals surface area (Å²) in [5.74, 6) is 0. The normalized spacial score (nSPS) is 29.2. The van der Waals surface area contributed by atoms with Crippen LogP contribution in [0.25, 0.3) is 0 Å². The lowest BCUT2D eigenvalue weighted by molar-refractivity contribution is 0.101. The average Bonchev–Trinajstić information content (AvgIpc) is 2.47. The molecular formula is C8H15N3O. The molecule has 1 aliphatic rings. The number of aliphatic hydroxyl groups is 1. The van der Waals surface area contributed by atoms with Crippen LogP contribution in [0.1, 0.15) is 6.42 Å². The van der Waals surface area contributed by atoms with Crippen LogP contribution in [-0.2, 0) is 0 Å². The summed E-state index contributed by atoms with van der Waals surface area (Å²) in [6.07, 6.45) is 0.244. The fraction of sp³-hybridized carbons (Fsp3) is 0.875. The average molecular weight is 169 g/mol. The fourth-order valence-corrected chi connectivity index (χ4v) is 1.49. The minimum absolute atomic E-state index is 0.179. The largest absolute Gasteiger partial charge is 0.390 e. The second-order valence-electron chi connectivity index (χ2n) is 3.18. The van der Waals surface area contributed by atoms with E-state index in [1.54, 1.807) is 0 Å². The van der Waals surface area contributed by atoms with Crippen LogP contribution in [0, 0.1) is 11.3 Å². The number of nitriles is 1. The zero-order chi connectivity index (χ0) is 8.97. The van der Waals surface area contributed by atoms with Crippen LogP contribution in [0.4, 0.5) is 0 Å². The molecule has 0 aromatic carbocycles. The van der Waals surface area contributed by atoms with Gasteiger partial charge in [-0.15, -0.1) is 0 Å². The maximum absolute atomic E-state index is 9.47. The van der Waals surface area contributed by atoms with E-state index < -0.39 is 0 Å². The lowest BCUT2D eigenvalue weighted by Gasteiger charge is -2.24. The van der Waals surface area contributed by atoms with E-state index in [0.29, 0.717) is 13.0 Å². The highest BCUT2D eigenvalue weighted by Gasteiger charge is 2.27. The molecule has 0 amide bonds. The Bertz CT molecular complexity index is 178. The Morgan fingerprint density at radius 3 is 2.92 bits per heavy atom. The summed E-state index contributed by atoms with van der Waals surface area (Å²) in [5.41, 5.74) is 0. The highest BCUT2D eigenvalue weighted by atomic mass is 16.3. The standard InChI is InChI=1S/C8H15N3O/c1-11(4-2-3-9)7-5-10-6-8(7)12/h7-8,10,12H,2,4-6H2,1H3/t7-,8-/m1/s1. The smallest absolute Gasteiger partial charge is 0.0831 e. The third-order valence-corrected chi connectivity index (χ3v) is 2.29. The molecule has 1 heterocycles. The Kier molecular flexibility index (Phi) is 3.48. The Labute approximate surface area is 72.8 Å². The first kappa shape index (κ1) is 9.46. The number of likely N-dealkylation sites (N-methyl/N-ethyl adjacent to an activating group) is 1. The Morgan fingerprint density at radius 1 is 1.67 bits per heavy atom. The summed E-state index contributed by atoms with van der Waals surface area (Å²) in [5, 5.41) is 20.9. The van der Waals surface area contributed by atoms with Crippen molar-refractivity contribution in [3.8, 4) is 6.07 Å². The zero-order valence-corrected chi connectivity index (χ0v) is 7.32. The zero-order valence-electron chi connectivity index (χ0n) is 7.32. The molecule has 4 heteroatoms. The molecule has 0 spiro atoms. The molecule has 2 N–H and O–H groups in total. The van der Waals surface area contributed by atoms with E-state index in [1.165, 1.54) is 0 Å². The number of aliphatic hydroxyl groups excluding tert-OH is 1. The molecule has 0 aromatic rings. The predicted molar refractivity (Wildman–Crippen MR) is 45.5 cm³/mol. The summed E-state index contributed by atoms with van der Waals surface area (Å²) in [7, 11) is 1.94. The predicted octanol–water partition coefficient (Wildman–Crippen LogP) is -0.835. The van der Waals surface area contributed by atoms with Gasteiger partial charge >= 0.3 is 0 Å².